The molecule has 0 radical (unpaired) electrons. The molecule has 108 valence electrons. The zero-order chi connectivity index (χ0) is 15.5. The molecule has 0 spiro atoms. The van der Waals surface area contributed by atoms with Gasteiger partial charge in [0.1, 0.15) is 0 Å². The Balaban J connectivity index is 2.20. The Labute approximate surface area is 125 Å². The van der Waals surface area contributed by atoms with E-state index in [1.165, 1.54) is 24.3 Å². The van der Waals surface area contributed by atoms with Crippen LogP contribution in [-0.4, -0.2) is 8.42 Å². The molecule has 0 aliphatic rings. The van der Waals surface area contributed by atoms with Crippen LogP contribution in [0.15, 0.2) is 53.4 Å². The van der Waals surface area contributed by atoms with Crippen LogP contribution in [0.5, 0.6) is 0 Å². The van der Waals surface area contributed by atoms with Crippen molar-refractivity contribution in [2.75, 3.05) is 0 Å². The van der Waals surface area contributed by atoms with Crippen molar-refractivity contribution in [3.8, 4) is 6.07 Å². The van der Waals surface area contributed by atoms with Crippen molar-refractivity contribution in [3.63, 3.8) is 0 Å². The number of aryl methyl sites for hydroxylation is 1. The van der Waals surface area contributed by atoms with Gasteiger partial charge < -0.3 is 0 Å². The van der Waals surface area contributed by atoms with Crippen molar-refractivity contribution in [3.05, 3.63) is 65.2 Å². The van der Waals surface area contributed by atoms with Gasteiger partial charge in [-0.05, 0) is 43.7 Å². The first-order valence-electron chi connectivity index (χ1n) is 6.51. The summed E-state index contributed by atoms with van der Waals surface area (Å²) < 4.78 is 27.2. The summed E-state index contributed by atoms with van der Waals surface area (Å²) in [5.74, 6) is 0. The molecule has 0 fully saturated rings. The van der Waals surface area contributed by atoms with Crippen LogP contribution in [0.4, 0.5) is 0 Å². The van der Waals surface area contributed by atoms with Gasteiger partial charge in [0.05, 0.1) is 16.5 Å². The molecule has 0 amide bonds. The second kappa shape index (κ2) is 6.08. The summed E-state index contributed by atoms with van der Waals surface area (Å²) >= 11 is 0. The van der Waals surface area contributed by atoms with Gasteiger partial charge in [0.2, 0.25) is 10.0 Å². The lowest BCUT2D eigenvalue weighted by atomic mass is 10.1. The van der Waals surface area contributed by atoms with Crippen LogP contribution in [0.2, 0.25) is 0 Å². The van der Waals surface area contributed by atoms with Crippen LogP contribution in [-0.2, 0) is 10.0 Å². The maximum absolute atomic E-state index is 12.3. The molecule has 0 aromatic heterocycles. The molecule has 2 aromatic rings. The lowest BCUT2D eigenvalue weighted by Gasteiger charge is -2.15. The molecule has 0 aliphatic heterocycles. The number of hydrogen-bond acceptors (Lipinski definition) is 3. The number of rotatable bonds is 4. The smallest absolute Gasteiger partial charge is 0.207 e. The van der Waals surface area contributed by atoms with Crippen LogP contribution < -0.4 is 4.72 Å². The van der Waals surface area contributed by atoms with Crippen molar-refractivity contribution in [2.45, 2.75) is 24.8 Å². The maximum Gasteiger partial charge on any atom is 0.241 e. The predicted molar refractivity (Wildman–Crippen MR) is 81.1 cm³/mol. The molecular weight excluding hydrogens is 284 g/mol. The minimum atomic E-state index is -3.60. The van der Waals surface area contributed by atoms with Gasteiger partial charge in [-0.1, -0.05) is 29.8 Å². The molecule has 4 nitrogen and oxygen atoms in total. The van der Waals surface area contributed by atoms with E-state index < -0.39 is 10.0 Å². The van der Waals surface area contributed by atoms with Crippen LogP contribution in [0.3, 0.4) is 0 Å². The van der Waals surface area contributed by atoms with Crippen molar-refractivity contribution in [1.82, 2.24) is 4.72 Å². The van der Waals surface area contributed by atoms with Crippen LogP contribution in [0.25, 0.3) is 0 Å². The van der Waals surface area contributed by atoms with E-state index in [2.05, 4.69) is 4.72 Å². The topological polar surface area (TPSA) is 70.0 Å². The van der Waals surface area contributed by atoms with Crippen LogP contribution in [0, 0.1) is 18.3 Å². The van der Waals surface area contributed by atoms with E-state index in [0.29, 0.717) is 5.56 Å². The summed E-state index contributed by atoms with van der Waals surface area (Å²) in [6.45, 7) is 3.78. The van der Waals surface area contributed by atoms with Crippen LogP contribution in [0.1, 0.15) is 29.7 Å². The molecule has 2 rings (SSSR count). The first-order chi connectivity index (χ1) is 9.92. The summed E-state index contributed by atoms with van der Waals surface area (Å²) in [5.41, 5.74) is 2.46. The summed E-state index contributed by atoms with van der Waals surface area (Å²) in [6.07, 6.45) is 0. The Kier molecular flexibility index (Phi) is 4.41. The fraction of sp³-hybridized carbons (Fsp3) is 0.188. The molecule has 0 saturated carbocycles. The Morgan fingerprint density at radius 1 is 1.05 bits per heavy atom. The number of nitrogens with zero attached hydrogens (tertiary/aromatic N) is 1. The highest BCUT2D eigenvalue weighted by molar-refractivity contribution is 7.89. The van der Waals surface area contributed by atoms with Gasteiger partial charge in [0.25, 0.3) is 0 Å². The van der Waals surface area contributed by atoms with Crippen molar-refractivity contribution >= 4 is 10.0 Å². The van der Waals surface area contributed by atoms with E-state index in [1.807, 2.05) is 37.3 Å². The maximum atomic E-state index is 12.3. The number of nitrogens with one attached hydrogen (secondary N) is 1. The average molecular weight is 300 g/mol. The van der Waals surface area contributed by atoms with E-state index in [-0.39, 0.29) is 10.9 Å². The summed E-state index contributed by atoms with van der Waals surface area (Å²) in [7, 11) is -3.60. The van der Waals surface area contributed by atoms with Gasteiger partial charge in [-0.2, -0.15) is 5.26 Å². The highest BCUT2D eigenvalue weighted by Crippen LogP contribution is 2.17. The van der Waals surface area contributed by atoms with Crippen molar-refractivity contribution < 1.29 is 8.42 Å². The zero-order valence-corrected chi connectivity index (χ0v) is 12.7. The molecule has 2 aromatic carbocycles. The van der Waals surface area contributed by atoms with E-state index in [9.17, 15) is 8.42 Å². The third kappa shape index (κ3) is 3.69. The summed E-state index contributed by atoms with van der Waals surface area (Å²) in [5, 5.41) is 8.73. The molecule has 1 atom stereocenters. The highest BCUT2D eigenvalue weighted by Gasteiger charge is 2.18. The SMILES string of the molecule is Cc1ccc(C(C)NS(=O)(=O)c2ccc(C#N)cc2)cc1. The monoisotopic (exact) mass is 300 g/mol. The molecule has 1 N–H and O–H groups in total. The lowest BCUT2D eigenvalue weighted by molar-refractivity contribution is 0.567. The minimum Gasteiger partial charge on any atom is -0.207 e. The van der Waals surface area contributed by atoms with Gasteiger partial charge in [-0.25, -0.2) is 13.1 Å². The largest absolute Gasteiger partial charge is 0.241 e. The number of sulfonamides is 1. The van der Waals surface area contributed by atoms with Crippen molar-refractivity contribution in [1.29, 1.82) is 5.26 Å². The normalized spacial score (nSPS) is 12.6. The molecular formula is C16H16N2O2S. The van der Waals surface area contributed by atoms with Gasteiger partial charge in [0, 0.05) is 6.04 Å². The van der Waals surface area contributed by atoms with Crippen molar-refractivity contribution in [2.24, 2.45) is 0 Å². The Hall–Kier alpha value is -2.16. The molecule has 5 heteroatoms. The Morgan fingerprint density at radius 3 is 2.14 bits per heavy atom. The molecule has 1 unspecified atom stereocenters. The van der Waals surface area contributed by atoms with Gasteiger partial charge in [-0.15, -0.1) is 0 Å². The number of benzene rings is 2. The van der Waals surface area contributed by atoms with E-state index in [0.717, 1.165) is 11.1 Å². The fourth-order valence-electron chi connectivity index (χ4n) is 1.93. The van der Waals surface area contributed by atoms with E-state index in [1.54, 1.807) is 6.92 Å². The average Bonchev–Trinajstić information content (AvgIpc) is 2.47. The molecule has 0 aliphatic carbocycles. The van der Waals surface area contributed by atoms with E-state index in [4.69, 9.17) is 5.26 Å². The Morgan fingerprint density at radius 2 is 1.62 bits per heavy atom. The zero-order valence-electron chi connectivity index (χ0n) is 11.9. The Bertz CT molecular complexity index is 757. The third-order valence-corrected chi connectivity index (χ3v) is 4.76. The van der Waals surface area contributed by atoms with Gasteiger partial charge in [-0.3, -0.25) is 0 Å². The molecule has 0 heterocycles. The number of nitriles is 1. The van der Waals surface area contributed by atoms with Crippen LogP contribution >= 0.6 is 0 Å². The van der Waals surface area contributed by atoms with Gasteiger partial charge in [0.15, 0.2) is 0 Å². The highest BCUT2D eigenvalue weighted by atomic mass is 32.2. The second-order valence-corrected chi connectivity index (χ2v) is 6.60. The first kappa shape index (κ1) is 15.2. The van der Waals surface area contributed by atoms with Gasteiger partial charge >= 0.3 is 0 Å². The first-order valence-corrected chi connectivity index (χ1v) is 8.00. The third-order valence-electron chi connectivity index (χ3n) is 3.20. The minimum absolute atomic E-state index is 0.153. The second-order valence-electron chi connectivity index (χ2n) is 4.89. The molecule has 21 heavy (non-hydrogen) atoms. The summed E-state index contributed by atoms with van der Waals surface area (Å²) in [4.78, 5) is 0.153. The molecule has 0 saturated heterocycles. The standard InChI is InChI=1S/C16H16N2O2S/c1-12-3-7-15(8-4-12)13(2)18-21(19,20)16-9-5-14(11-17)6-10-16/h3-10,13,18H,1-2H3. The number of hydrogen-bond donors (Lipinski definition) is 1. The lowest BCUT2D eigenvalue weighted by Crippen LogP contribution is -2.26. The quantitative estimate of drug-likeness (QED) is 0.943. The fourth-order valence-corrected chi connectivity index (χ4v) is 3.16. The van der Waals surface area contributed by atoms with E-state index >= 15 is 0 Å². The molecule has 0 bridgehead atoms. The predicted octanol–water partition coefficient (Wildman–Crippen LogP) is 2.91. The summed E-state index contributed by atoms with van der Waals surface area (Å²) in [6, 6.07) is 15.2.